The van der Waals surface area contributed by atoms with Crippen LogP contribution in [0.4, 0.5) is 13.2 Å². The summed E-state index contributed by atoms with van der Waals surface area (Å²) < 4.78 is 40.8. The van der Waals surface area contributed by atoms with Crippen molar-refractivity contribution in [2.45, 2.75) is 44.7 Å². The van der Waals surface area contributed by atoms with Gasteiger partial charge in [0.2, 0.25) is 0 Å². The molecule has 1 nitrogen and oxygen atoms in total. The van der Waals surface area contributed by atoms with Crippen molar-refractivity contribution in [1.82, 2.24) is 0 Å². The fourth-order valence-electron chi connectivity index (χ4n) is 2.59. The van der Waals surface area contributed by atoms with Gasteiger partial charge in [-0.15, -0.1) is 0 Å². The maximum atomic E-state index is 12.0. The summed E-state index contributed by atoms with van der Waals surface area (Å²) in [5.41, 5.74) is 1.21. The third kappa shape index (κ3) is 4.44. The van der Waals surface area contributed by atoms with Crippen molar-refractivity contribution in [3.8, 4) is 5.75 Å². The first-order valence-electron chi connectivity index (χ1n) is 6.73. The van der Waals surface area contributed by atoms with Crippen LogP contribution in [0.2, 0.25) is 0 Å². The molecule has 19 heavy (non-hydrogen) atoms. The number of rotatable bonds is 3. The predicted molar refractivity (Wildman–Crippen MR) is 68.4 cm³/mol. The summed E-state index contributed by atoms with van der Waals surface area (Å²) in [6, 6.07) is 7.07. The molecule has 0 N–H and O–H groups in total. The van der Waals surface area contributed by atoms with Crippen LogP contribution in [0.25, 0.3) is 0 Å². The van der Waals surface area contributed by atoms with Crippen LogP contribution in [0.15, 0.2) is 24.3 Å². The van der Waals surface area contributed by atoms with E-state index in [2.05, 4.69) is 6.92 Å². The van der Waals surface area contributed by atoms with Crippen LogP contribution in [0.3, 0.4) is 0 Å². The number of hydrogen-bond acceptors (Lipinski definition) is 1. The van der Waals surface area contributed by atoms with E-state index in [-0.39, 0.29) is 5.75 Å². The number of benzene rings is 1. The molecule has 0 aromatic heterocycles. The molecule has 1 saturated carbocycles. The predicted octanol–water partition coefficient (Wildman–Crippen LogP) is 4.92. The van der Waals surface area contributed by atoms with E-state index in [1.165, 1.54) is 31.2 Å². The lowest BCUT2D eigenvalue weighted by molar-refractivity contribution is -0.153. The van der Waals surface area contributed by atoms with Crippen molar-refractivity contribution in [3.05, 3.63) is 29.8 Å². The molecule has 0 heterocycles. The molecule has 0 bridgehead atoms. The molecule has 1 aromatic carbocycles. The summed E-state index contributed by atoms with van der Waals surface area (Å²) in [4.78, 5) is 0. The highest BCUT2D eigenvalue weighted by atomic mass is 19.4. The summed E-state index contributed by atoms with van der Waals surface area (Å²) in [6.45, 7) is 1.04. The fourth-order valence-corrected chi connectivity index (χ4v) is 2.59. The molecule has 0 spiro atoms. The minimum Gasteiger partial charge on any atom is -0.484 e. The van der Waals surface area contributed by atoms with Gasteiger partial charge in [0.05, 0.1) is 0 Å². The van der Waals surface area contributed by atoms with Gasteiger partial charge in [0.25, 0.3) is 0 Å². The topological polar surface area (TPSA) is 9.23 Å². The summed E-state index contributed by atoms with van der Waals surface area (Å²) >= 11 is 0. The standard InChI is InChI=1S/C15H19F3O/c1-11-2-4-12(5-3-11)13-6-8-14(9-7-13)19-10-15(16,17)18/h6-9,11-12H,2-5,10H2,1H3. The molecule has 1 aromatic rings. The lowest BCUT2D eigenvalue weighted by atomic mass is 9.79. The molecule has 0 amide bonds. The minimum atomic E-state index is -4.28. The molecule has 2 rings (SSSR count). The van der Waals surface area contributed by atoms with Gasteiger partial charge in [0, 0.05) is 0 Å². The van der Waals surface area contributed by atoms with Gasteiger partial charge in [0.15, 0.2) is 6.61 Å². The second-order valence-corrected chi connectivity index (χ2v) is 5.43. The van der Waals surface area contributed by atoms with Crippen LogP contribution in [-0.2, 0) is 0 Å². The second kappa shape index (κ2) is 5.85. The van der Waals surface area contributed by atoms with Crippen LogP contribution < -0.4 is 4.74 Å². The first kappa shape index (κ1) is 14.2. The Kier molecular flexibility index (Phi) is 4.38. The average Bonchev–Trinajstić information content (AvgIpc) is 2.37. The first-order chi connectivity index (χ1) is 8.94. The SMILES string of the molecule is CC1CCC(c2ccc(OCC(F)(F)F)cc2)CC1. The normalized spacial score (nSPS) is 24.2. The Morgan fingerprint density at radius 3 is 2.16 bits per heavy atom. The van der Waals surface area contributed by atoms with E-state index in [0.717, 1.165) is 5.92 Å². The lowest BCUT2D eigenvalue weighted by Gasteiger charge is -2.26. The number of ether oxygens (including phenoxy) is 1. The van der Waals surface area contributed by atoms with Crippen molar-refractivity contribution in [2.75, 3.05) is 6.61 Å². The monoisotopic (exact) mass is 272 g/mol. The molecule has 4 heteroatoms. The smallest absolute Gasteiger partial charge is 0.422 e. The van der Waals surface area contributed by atoms with E-state index >= 15 is 0 Å². The maximum Gasteiger partial charge on any atom is 0.422 e. The molecule has 0 unspecified atom stereocenters. The van der Waals surface area contributed by atoms with Gasteiger partial charge in [-0.05, 0) is 42.4 Å². The maximum absolute atomic E-state index is 12.0. The van der Waals surface area contributed by atoms with Gasteiger partial charge in [-0.3, -0.25) is 0 Å². The molecule has 1 aliphatic rings. The molecule has 0 atom stereocenters. The van der Waals surface area contributed by atoms with E-state index in [1.807, 2.05) is 12.1 Å². The Morgan fingerprint density at radius 1 is 1.05 bits per heavy atom. The minimum absolute atomic E-state index is 0.283. The molecule has 1 aliphatic carbocycles. The average molecular weight is 272 g/mol. The highest BCUT2D eigenvalue weighted by Crippen LogP contribution is 2.36. The van der Waals surface area contributed by atoms with Gasteiger partial charge >= 0.3 is 6.18 Å². The molecule has 1 fully saturated rings. The van der Waals surface area contributed by atoms with Crippen LogP contribution in [-0.4, -0.2) is 12.8 Å². The Hall–Kier alpha value is -1.19. The van der Waals surface area contributed by atoms with Gasteiger partial charge in [0.1, 0.15) is 5.75 Å². The Morgan fingerprint density at radius 2 is 1.63 bits per heavy atom. The Bertz CT molecular complexity index is 389. The van der Waals surface area contributed by atoms with Crippen molar-refractivity contribution in [3.63, 3.8) is 0 Å². The van der Waals surface area contributed by atoms with E-state index in [0.29, 0.717) is 5.92 Å². The summed E-state index contributed by atoms with van der Waals surface area (Å²) in [5, 5.41) is 0. The highest BCUT2D eigenvalue weighted by molar-refractivity contribution is 5.29. The number of hydrogen-bond donors (Lipinski definition) is 0. The van der Waals surface area contributed by atoms with Crippen LogP contribution in [0, 0.1) is 5.92 Å². The van der Waals surface area contributed by atoms with Gasteiger partial charge < -0.3 is 4.74 Å². The summed E-state index contributed by atoms with van der Waals surface area (Å²) in [6.07, 6.45) is 0.528. The first-order valence-corrected chi connectivity index (χ1v) is 6.73. The van der Waals surface area contributed by atoms with Gasteiger partial charge in [-0.1, -0.05) is 31.9 Å². The Labute approximate surface area is 111 Å². The molecule has 106 valence electrons. The zero-order valence-corrected chi connectivity index (χ0v) is 11.0. The van der Waals surface area contributed by atoms with Crippen LogP contribution >= 0.6 is 0 Å². The van der Waals surface area contributed by atoms with E-state index in [9.17, 15) is 13.2 Å². The van der Waals surface area contributed by atoms with Crippen molar-refractivity contribution in [1.29, 1.82) is 0 Å². The van der Waals surface area contributed by atoms with Crippen LogP contribution in [0.5, 0.6) is 5.75 Å². The zero-order chi connectivity index (χ0) is 13.9. The number of halogens is 3. The number of alkyl halides is 3. The van der Waals surface area contributed by atoms with Crippen molar-refractivity contribution >= 4 is 0 Å². The molecule has 0 aliphatic heterocycles. The third-order valence-electron chi connectivity index (χ3n) is 3.77. The van der Waals surface area contributed by atoms with Crippen molar-refractivity contribution < 1.29 is 17.9 Å². The quantitative estimate of drug-likeness (QED) is 0.758. The third-order valence-corrected chi connectivity index (χ3v) is 3.77. The molecule has 0 saturated heterocycles. The molecular weight excluding hydrogens is 253 g/mol. The second-order valence-electron chi connectivity index (χ2n) is 5.43. The lowest BCUT2D eigenvalue weighted by Crippen LogP contribution is -2.19. The summed E-state index contributed by atoms with van der Waals surface area (Å²) in [5.74, 6) is 1.63. The van der Waals surface area contributed by atoms with Gasteiger partial charge in [-0.2, -0.15) is 13.2 Å². The van der Waals surface area contributed by atoms with Gasteiger partial charge in [-0.25, -0.2) is 0 Å². The van der Waals surface area contributed by atoms with E-state index in [1.54, 1.807) is 12.1 Å². The molecular formula is C15H19F3O. The van der Waals surface area contributed by atoms with E-state index in [4.69, 9.17) is 4.74 Å². The Balaban J connectivity index is 1.91. The largest absolute Gasteiger partial charge is 0.484 e. The van der Waals surface area contributed by atoms with Crippen LogP contribution in [0.1, 0.15) is 44.1 Å². The zero-order valence-electron chi connectivity index (χ0n) is 11.0. The highest BCUT2D eigenvalue weighted by Gasteiger charge is 2.28. The van der Waals surface area contributed by atoms with E-state index < -0.39 is 12.8 Å². The molecule has 0 radical (unpaired) electrons. The van der Waals surface area contributed by atoms with Crippen molar-refractivity contribution in [2.24, 2.45) is 5.92 Å². The fraction of sp³-hybridized carbons (Fsp3) is 0.600. The summed E-state index contributed by atoms with van der Waals surface area (Å²) in [7, 11) is 0.